The molecule has 1 aliphatic rings. The average molecular weight is 439 g/mol. The van der Waals surface area contributed by atoms with Gasteiger partial charge in [0.25, 0.3) is 0 Å². The van der Waals surface area contributed by atoms with E-state index in [2.05, 4.69) is 23.3 Å². The molecule has 1 aromatic rings. The van der Waals surface area contributed by atoms with Crippen LogP contribution in [0.2, 0.25) is 0 Å². The van der Waals surface area contributed by atoms with Gasteiger partial charge in [-0.2, -0.15) is 12.6 Å². The van der Waals surface area contributed by atoms with E-state index in [0.29, 0.717) is 24.9 Å². The molecule has 10 nitrogen and oxygen atoms in total. The van der Waals surface area contributed by atoms with Crippen LogP contribution in [0.25, 0.3) is 0 Å². The minimum absolute atomic E-state index is 0.0512. The maximum Gasteiger partial charge on any atom is 0.322 e. The molecule has 0 radical (unpaired) electrons. The number of hydrogen-bond donors (Lipinski definition) is 6. The van der Waals surface area contributed by atoms with Crippen LogP contribution in [0.1, 0.15) is 18.4 Å². The fourth-order valence-electron chi connectivity index (χ4n) is 3.23. The summed E-state index contributed by atoms with van der Waals surface area (Å²) < 4.78 is 0. The van der Waals surface area contributed by atoms with Gasteiger partial charge in [-0.1, -0.05) is 12.1 Å². The minimum Gasteiger partial charge on any atom is -0.508 e. The number of nitrogens with one attached hydrogen (secondary N) is 2. The number of carboxylic acids is 1. The molecule has 0 spiro atoms. The Balaban J connectivity index is 2.13. The van der Waals surface area contributed by atoms with Crippen molar-refractivity contribution in [1.29, 1.82) is 0 Å². The zero-order valence-corrected chi connectivity index (χ0v) is 17.2. The molecule has 6 N–H and O–H groups in total. The number of nitrogens with zero attached hydrogens (tertiary/aromatic N) is 1. The van der Waals surface area contributed by atoms with Gasteiger partial charge in [0.05, 0.1) is 6.04 Å². The predicted octanol–water partition coefficient (Wildman–Crippen LogP) is -1.13. The number of rotatable bonds is 9. The molecule has 0 aliphatic carbocycles. The number of benzene rings is 1. The summed E-state index contributed by atoms with van der Waals surface area (Å²) in [6.45, 7) is -0.210. The van der Waals surface area contributed by atoms with E-state index in [1.54, 1.807) is 12.1 Å². The van der Waals surface area contributed by atoms with Crippen molar-refractivity contribution in [2.45, 2.75) is 37.4 Å². The number of aromatic hydroxyl groups is 1. The monoisotopic (exact) mass is 438 g/mol. The molecule has 3 atom stereocenters. The van der Waals surface area contributed by atoms with Crippen molar-refractivity contribution in [3.63, 3.8) is 0 Å². The van der Waals surface area contributed by atoms with Crippen LogP contribution in [0.5, 0.6) is 5.75 Å². The van der Waals surface area contributed by atoms with Crippen LogP contribution in [0.4, 0.5) is 0 Å². The van der Waals surface area contributed by atoms with E-state index in [9.17, 15) is 24.3 Å². The highest BCUT2D eigenvalue weighted by Gasteiger charge is 2.37. The van der Waals surface area contributed by atoms with Crippen LogP contribution >= 0.6 is 12.6 Å². The molecule has 164 valence electrons. The van der Waals surface area contributed by atoms with Crippen molar-refractivity contribution in [3.05, 3.63) is 29.8 Å². The van der Waals surface area contributed by atoms with E-state index in [1.807, 2.05) is 0 Å². The van der Waals surface area contributed by atoms with E-state index >= 15 is 0 Å². The van der Waals surface area contributed by atoms with E-state index in [0.717, 1.165) is 0 Å². The van der Waals surface area contributed by atoms with Gasteiger partial charge in [-0.3, -0.25) is 19.2 Å². The zero-order chi connectivity index (χ0) is 22.3. The summed E-state index contributed by atoms with van der Waals surface area (Å²) >= 11 is 4.02. The lowest BCUT2D eigenvalue weighted by atomic mass is 10.0. The Bertz CT molecular complexity index is 788. The third kappa shape index (κ3) is 6.36. The van der Waals surface area contributed by atoms with Gasteiger partial charge in [0, 0.05) is 18.7 Å². The predicted molar refractivity (Wildman–Crippen MR) is 111 cm³/mol. The van der Waals surface area contributed by atoms with Crippen molar-refractivity contribution < 1.29 is 29.4 Å². The van der Waals surface area contributed by atoms with Crippen LogP contribution in [-0.4, -0.2) is 75.8 Å². The molecule has 0 bridgehead atoms. The number of aliphatic carboxylic acids is 1. The van der Waals surface area contributed by atoms with E-state index < -0.39 is 42.5 Å². The van der Waals surface area contributed by atoms with Gasteiger partial charge in [0.1, 0.15) is 24.4 Å². The average Bonchev–Trinajstić information content (AvgIpc) is 3.21. The van der Waals surface area contributed by atoms with Gasteiger partial charge in [0.15, 0.2) is 0 Å². The lowest BCUT2D eigenvalue weighted by molar-refractivity contribution is -0.140. The van der Waals surface area contributed by atoms with E-state index in [1.165, 1.54) is 17.0 Å². The summed E-state index contributed by atoms with van der Waals surface area (Å²) in [7, 11) is 0. The summed E-state index contributed by atoms with van der Waals surface area (Å²) in [6.07, 6.45) is 1.13. The van der Waals surface area contributed by atoms with Gasteiger partial charge in [-0.25, -0.2) is 0 Å². The van der Waals surface area contributed by atoms with Crippen LogP contribution in [0, 0.1) is 0 Å². The number of likely N-dealkylation sites (tertiary alicyclic amines) is 1. The molecule has 1 saturated heterocycles. The third-order valence-electron chi connectivity index (χ3n) is 4.78. The third-order valence-corrected chi connectivity index (χ3v) is 5.17. The van der Waals surface area contributed by atoms with Gasteiger partial charge in [-0.15, -0.1) is 0 Å². The quantitative estimate of drug-likeness (QED) is 0.266. The Morgan fingerprint density at radius 1 is 1.23 bits per heavy atom. The highest BCUT2D eigenvalue weighted by atomic mass is 32.1. The minimum atomic E-state index is -1.22. The van der Waals surface area contributed by atoms with Crippen molar-refractivity contribution >= 4 is 36.3 Å². The number of hydrogen-bond acceptors (Lipinski definition) is 7. The SMILES string of the molecule is NC(CS)C(=O)N1CCCC1C(=O)NC(Cc1ccc(O)cc1)C(=O)NCC(=O)O. The number of carbonyl (C=O) groups excluding carboxylic acids is 3. The van der Waals surface area contributed by atoms with Crippen LogP contribution < -0.4 is 16.4 Å². The van der Waals surface area contributed by atoms with Crippen LogP contribution in [0.15, 0.2) is 24.3 Å². The number of carboxylic acid groups (broad SMARTS) is 1. The maximum atomic E-state index is 12.9. The van der Waals surface area contributed by atoms with Crippen LogP contribution in [0.3, 0.4) is 0 Å². The molecule has 1 heterocycles. The number of amides is 3. The first kappa shape index (κ1) is 23.5. The lowest BCUT2D eigenvalue weighted by Crippen LogP contribution is -2.56. The smallest absolute Gasteiger partial charge is 0.322 e. The largest absolute Gasteiger partial charge is 0.508 e. The van der Waals surface area contributed by atoms with Crippen molar-refractivity contribution in [3.8, 4) is 5.75 Å². The second-order valence-electron chi connectivity index (χ2n) is 7.02. The Kier molecular flexibility index (Phi) is 8.48. The molecule has 2 rings (SSSR count). The lowest BCUT2D eigenvalue weighted by Gasteiger charge is -2.28. The Morgan fingerprint density at radius 2 is 1.90 bits per heavy atom. The first-order chi connectivity index (χ1) is 14.2. The summed E-state index contributed by atoms with van der Waals surface area (Å²) in [6, 6.07) is 3.43. The van der Waals surface area contributed by atoms with E-state index in [-0.39, 0.29) is 23.8 Å². The fourth-order valence-corrected chi connectivity index (χ4v) is 3.38. The first-order valence-electron chi connectivity index (χ1n) is 9.47. The number of carbonyl (C=O) groups is 4. The molecule has 30 heavy (non-hydrogen) atoms. The molecule has 1 fully saturated rings. The van der Waals surface area contributed by atoms with Crippen LogP contribution in [-0.2, 0) is 25.6 Å². The molecule has 3 amide bonds. The van der Waals surface area contributed by atoms with Gasteiger partial charge < -0.3 is 31.5 Å². The summed E-state index contributed by atoms with van der Waals surface area (Å²) in [5, 5.41) is 23.1. The molecule has 0 saturated carbocycles. The molecule has 1 aromatic carbocycles. The number of thiol groups is 1. The molecule has 11 heteroatoms. The topological polar surface area (TPSA) is 162 Å². The van der Waals surface area contributed by atoms with Crippen molar-refractivity contribution in [1.82, 2.24) is 15.5 Å². The van der Waals surface area contributed by atoms with Gasteiger partial charge >= 0.3 is 5.97 Å². The maximum absolute atomic E-state index is 12.9. The van der Waals surface area contributed by atoms with Gasteiger partial charge in [-0.05, 0) is 30.5 Å². The van der Waals surface area contributed by atoms with Crippen molar-refractivity contribution in [2.75, 3.05) is 18.8 Å². The Morgan fingerprint density at radius 3 is 2.50 bits per heavy atom. The fraction of sp³-hybridized carbons (Fsp3) is 0.474. The number of nitrogens with two attached hydrogens (primary N) is 1. The highest BCUT2D eigenvalue weighted by molar-refractivity contribution is 7.80. The number of phenols is 1. The van der Waals surface area contributed by atoms with E-state index in [4.69, 9.17) is 10.8 Å². The first-order valence-corrected chi connectivity index (χ1v) is 10.1. The molecule has 3 unspecified atom stereocenters. The zero-order valence-electron chi connectivity index (χ0n) is 16.3. The summed E-state index contributed by atoms with van der Waals surface area (Å²) in [5.41, 5.74) is 6.40. The highest BCUT2D eigenvalue weighted by Crippen LogP contribution is 2.19. The molecular formula is C19H26N4O6S. The summed E-state index contributed by atoms with van der Waals surface area (Å²) in [5.74, 6) is -2.58. The Hall–Kier alpha value is -2.79. The second-order valence-corrected chi connectivity index (χ2v) is 7.39. The normalized spacial score (nSPS) is 17.8. The second kappa shape index (κ2) is 10.8. The standard InChI is InChI=1S/C19H26N4O6S/c20-13(10-30)19(29)23-7-1-2-15(23)18(28)22-14(17(27)21-9-16(25)26)8-11-3-5-12(24)6-4-11/h3-6,13-15,24,30H,1-2,7-10,20H2,(H,21,27)(H,22,28)(H,25,26). The number of phenolic OH excluding ortho intramolecular Hbond substituents is 1. The molecular weight excluding hydrogens is 412 g/mol. The molecule has 1 aliphatic heterocycles. The van der Waals surface area contributed by atoms with Gasteiger partial charge in [0.2, 0.25) is 17.7 Å². The molecule has 0 aromatic heterocycles. The van der Waals surface area contributed by atoms with Crippen molar-refractivity contribution in [2.24, 2.45) is 5.73 Å². The summed E-state index contributed by atoms with van der Waals surface area (Å²) in [4.78, 5) is 49.9. The Labute approximate surface area is 179 Å².